The van der Waals surface area contributed by atoms with Crippen molar-refractivity contribution in [3.63, 3.8) is 0 Å². The number of likely N-dealkylation sites (N-methyl/N-ethyl adjacent to an activating group) is 1. The Kier molecular flexibility index (Phi) is 4.52. The van der Waals surface area contributed by atoms with E-state index < -0.39 is 5.60 Å². The quantitative estimate of drug-likeness (QED) is 0.888. The summed E-state index contributed by atoms with van der Waals surface area (Å²) in [7, 11) is 1.77. The van der Waals surface area contributed by atoms with Crippen molar-refractivity contribution in [2.24, 2.45) is 0 Å². The summed E-state index contributed by atoms with van der Waals surface area (Å²) in [6.45, 7) is 4.10. The molecule has 6 heteroatoms. The van der Waals surface area contributed by atoms with Crippen LogP contribution in [0.3, 0.4) is 0 Å². The van der Waals surface area contributed by atoms with E-state index >= 15 is 0 Å². The summed E-state index contributed by atoms with van der Waals surface area (Å²) < 4.78 is 5.64. The van der Waals surface area contributed by atoms with Gasteiger partial charge in [-0.15, -0.1) is 0 Å². The third kappa shape index (κ3) is 3.75. The SMILES string of the molecule is Cc1ccccc1CC1(NC(=O)N2CCC[C@]3(CC2)CN(C)C(=O)O3)CC1. The van der Waals surface area contributed by atoms with Crippen LogP contribution in [0.4, 0.5) is 9.59 Å². The van der Waals surface area contributed by atoms with E-state index in [1.54, 1.807) is 11.9 Å². The molecule has 1 aliphatic carbocycles. The maximum absolute atomic E-state index is 12.9. The summed E-state index contributed by atoms with van der Waals surface area (Å²) in [5.41, 5.74) is 2.08. The number of ether oxygens (including phenoxy) is 1. The van der Waals surface area contributed by atoms with Crippen LogP contribution in [-0.4, -0.2) is 59.7 Å². The number of carbonyl (C=O) groups excluding carboxylic acids is 2. The lowest BCUT2D eigenvalue weighted by atomic mass is 9.95. The summed E-state index contributed by atoms with van der Waals surface area (Å²) in [4.78, 5) is 28.2. The summed E-state index contributed by atoms with van der Waals surface area (Å²) in [5, 5.41) is 3.31. The Bertz CT molecular complexity index is 746. The lowest BCUT2D eigenvalue weighted by molar-refractivity contribution is 0.0453. The van der Waals surface area contributed by atoms with Crippen molar-refractivity contribution in [2.75, 3.05) is 26.7 Å². The van der Waals surface area contributed by atoms with E-state index in [-0.39, 0.29) is 17.7 Å². The van der Waals surface area contributed by atoms with Gasteiger partial charge in [0, 0.05) is 32.1 Å². The number of benzene rings is 1. The molecule has 146 valence electrons. The number of rotatable bonds is 3. The average molecular weight is 371 g/mol. The van der Waals surface area contributed by atoms with Gasteiger partial charge in [-0.25, -0.2) is 9.59 Å². The molecule has 2 aliphatic heterocycles. The molecule has 1 aromatic carbocycles. The van der Waals surface area contributed by atoms with Gasteiger partial charge in [0.2, 0.25) is 0 Å². The molecule has 3 aliphatic rings. The molecule has 3 amide bonds. The zero-order valence-corrected chi connectivity index (χ0v) is 16.3. The van der Waals surface area contributed by atoms with E-state index in [2.05, 4.69) is 36.5 Å². The fraction of sp³-hybridized carbons (Fsp3) is 0.619. The predicted molar refractivity (Wildman–Crippen MR) is 103 cm³/mol. The molecule has 2 saturated heterocycles. The number of likely N-dealkylation sites (tertiary alicyclic amines) is 1. The molecule has 1 spiro atoms. The molecule has 1 aromatic rings. The Labute approximate surface area is 160 Å². The second kappa shape index (κ2) is 6.73. The largest absolute Gasteiger partial charge is 0.441 e. The first-order chi connectivity index (χ1) is 12.9. The van der Waals surface area contributed by atoms with Crippen LogP contribution >= 0.6 is 0 Å². The zero-order chi connectivity index (χ0) is 19.1. The Morgan fingerprint density at radius 2 is 1.96 bits per heavy atom. The number of amides is 3. The number of hydrogen-bond donors (Lipinski definition) is 1. The van der Waals surface area contributed by atoms with Gasteiger partial charge in [0.15, 0.2) is 0 Å². The van der Waals surface area contributed by atoms with Gasteiger partial charge in [-0.1, -0.05) is 24.3 Å². The molecular weight excluding hydrogens is 342 g/mol. The first kappa shape index (κ1) is 18.1. The number of nitrogens with zero attached hydrogens (tertiary/aromatic N) is 2. The molecule has 2 heterocycles. The van der Waals surface area contributed by atoms with Crippen molar-refractivity contribution < 1.29 is 14.3 Å². The highest BCUT2D eigenvalue weighted by atomic mass is 16.6. The van der Waals surface area contributed by atoms with Gasteiger partial charge in [-0.05, 0) is 50.2 Å². The number of urea groups is 1. The Hall–Kier alpha value is -2.24. The molecule has 1 saturated carbocycles. The van der Waals surface area contributed by atoms with Crippen molar-refractivity contribution in [1.29, 1.82) is 0 Å². The van der Waals surface area contributed by atoms with E-state index in [0.717, 1.165) is 38.6 Å². The topological polar surface area (TPSA) is 61.9 Å². The van der Waals surface area contributed by atoms with Crippen LogP contribution in [0.2, 0.25) is 0 Å². The Morgan fingerprint density at radius 1 is 1.19 bits per heavy atom. The maximum atomic E-state index is 12.9. The average Bonchev–Trinajstić information content (AvgIpc) is 3.35. The van der Waals surface area contributed by atoms with Crippen molar-refractivity contribution >= 4 is 12.1 Å². The van der Waals surface area contributed by atoms with E-state index in [4.69, 9.17) is 4.74 Å². The van der Waals surface area contributed by atoms with Crippen LogP contribution < -0.4 is 5.32 Å². The van der Waals surface area contributed by atoms with Crippen LogP contribution in [0, 0.1) is 6.92 Å². The highest BCUT2D eigenvalue weighted by Gasteiger charge is 2.47. The van der Waals surface area contributed by atoms with Gasteiger partial charge >= 0.3 is 12.1 Å². The molecule has 27 heavy (non-hydrogen) atoms. The maximum Gasteiger partial charge on any atom is 0.410 e. The lowest BCUT2D eigenvalue weighted by Gasteiger charge is -2.27. The van der Waals surface area contributed by atoms with Crippen LogP contribution in [0.25, 0.3) is 0 Å². The minimum absolute atomic E-state index is 0.0239. The highest BCUT2D eigenvalue weighted by Crippen LogP contribution is 2.40. The van der Waals surface area contributed by atoms with Crippen molar-refractivity contribution in [3.05, 3.63) is 35.4 Å². The molecule has 1 N–H and O–H groups in total. The molecular formula is C21H29N3O3. The fourth-order valence-corrected chi connectivity index (χ4v) is 4.40. The van der Waals surface area contributed by atoms with Crippen LogP contribution in [0.5, 0.6) is 0 Å². The molecule has 1 atom stereocenters. The van der Waals surface area contributed by atoms with Crippen LogP contribution in [0.1, 0.15) is 43.2 Å². The molecule has 3 fully saturated rings. The van der Waals surface area contributed by atoms with Crippen molar-refractivity contribution in [2.45, 2.75) is 56.6 Å². The number of nitrogens with one attached hydrogen (secondary N) is 1. The van der Waals surface area contributed by atoms with Crippen molar-refractivity contribution in [3.8, 4) is 0 Å². The monoisotopic (exact) mass is 371 g/mol. The smallest absolute Gasteiger partial charge is 0.410 e. The van der Waals surface area contributed by atoms with Gasteiger partial charge < -0.3 is 19.9 Å². The van der Waals surface area contributed by atoms with Crippen molar-refractivity contribution in [1.82, 2.24) is 15.1 Å². The Balaban J connectivity index is 1.36. The minimum atomic E-state index is -0.417. The van der Waals surface area contributed by atoms with E-state index in [0.29, 0.717) is 19.5 Å². The molecule has 6 nitrogen and oxygen atoms in total. The standard InChI is InChI=1S/C21H29N3O3/c1-16-6-3-4-7-17(16)14-20(9-10-20)22-18(25)24-12-5-8-21(11-13-24)15-23(2)19(26)27-21/h3-4,6-7H,5,8-15H2,1-2H3,(H,22,25)/t21-/m0/s1. The molecule has 4 rings (SSSR count). The van der Waals surface area contributed by atoms with E-state index in [1.807, 2.05) is 4.90 Å². The molecule has 0 unspecified atom stereocenters. The van der Waals surface area contributed by atoms with Gasteiger partial charge in [-0.2, -0.15) is 0 Å². The van der Waals surface area contributed by atoms with Crippen LogP contribution in [-0.2, 0) is 11.2 Å². The fourth-order valence-electron chi connectivity index (χ4n) is 4.40. The highest BCUT2D eigenvalue weighted by molar-refractivity contribution is 5.76. The molecule has 0 radical (unpaired) electrons. The van der Waals surface area contributed by atoms with E-state index in [9.17, 15) is 9.59 Å². The first-order valence-electron chi connectivity index (χ1n) is 9.96. The summed E-state index contributed by atoms with van der Waals surface area (Å²) in [6.07, 6.45) is 5.11. The second-order valence-electron chi connectivity index (χ2n) is 8.56. The van der Waals surface area contributed by atoms with Gasteiger partial charge in [-0.3, -0.25) is 0 Å². The predicted octanol–water partition coefficient (Wildman–Crippen LogP) is 3.09. The van der Waals surface area contributed by atoms with Gasteiger partial charge in [0.1, 0.15) is 5.60 Å². The third-order valence-corrected chi connectivity index (χ3v) is 6.34. The van der Waals surface area contributed by atoms with Gasteiger partial charge in [0.05, 0.1) is 6.54 Å². The summed E-state index contributed by atoms with van der Waals surface area (Å²) in [5.74, 6) is 0. The number of hydrogen-bond acceptors (Lipinski definition) is 3. The Morgan fingerprint density at radius 3 is 2.63 bits per heavy atom. The number of carbonyl (C=O) groups is 2. The zero-order valence-electron chi connectivity index (χ0n) is 16.3. The third-order valence-electron chi connectivity index (χ3n) is 6.34. The summed E-state index contributed by atoms with van der Waals surface area (Å²) >= 11 is 0. The second-order valence-corrected chi connectivity index (χ2v) is 8.56. The molecule has 0 bridgehead atoms. The lowest BCUT2D eigenvalue weighted by Crippen LogP contribution is -2.48. The van der Waals surface area contributed by atoms with Gasteiger partial charge in [0.25, 0.3) is 0 Å². The molecule has 0 aromatic heterocycles. The van der Waals surface area contributed by atoms with E-state index in [1.165, 1.54) is 11.1 Å². The normalized spacial score (nSPS) is 26.7. The first-order valence-corrected chi connectivity index (χ1v) is 9.96. The number of aryl methyl sites for hydroxylation is 1. The summed E-state index contributed by atoms with van der Waals surface area (Å²) in [6, 6.07) is 8.42. The minimum Gasteiger partial charge on any atom is -0.441 e. The van der Waals surface area contributed by atoms with Crippen LogP contribution in [0.15, 0.2) is 24.3 Å².